The Morgan fingerprint density at radius 2 is 1.96 bits per heavy atom. The van der Waals surface area contributed by atoms with Gasteiger partial charge in [-0.15, -0.1) is 0 Å². The van der Waals surface area contributed by atoms with Gasteiger partial charge in [-0.2, -0.15) is 0 Å². The number of nitrogens with one attached hydrogen (secondary N) is 1. The standard InChI is InChI=1S/C19H29NO4/c1-5-23-16-7-6-14(12-17(16)22-4)13-18(21)24-19(2,3)15-8-10-20-11-9-15/h6-7,12,15,20H,5,8-11,13H2,1-4H3. The van der Waals surface area contributed by atoms with Crippen molar-refractivity contribution in [1.82, 2.24) is 5.32 Å². The lowest BCUT2D eigenvalue weighted by atomic mass is 9.83. The first kappa shape index (κ1) is 18.6. The second-order valence-corrected chi connectivity index (χ2v) is 6.70. The van der Waals surface area contributed by atoms with Gasteiger partial charge in [0, 0.05) is 5.92 Å². The molecule has 1 aromatic rings. The van der Waals surface area contributed by atoms with Crippen molar-refractivity contribution in [3.63, 3.8) is 0 Å². The van der Waals surface area contributed by atoms with Crippen LogP contribution >= 0.6 is 0 Å². The third-order valence-corrected chi connectivity index (χ3v) is 4.58. The summed E-state index contributed by atoms with van der Waals surface area (Å²) in [6, 6.07) is 5.55. The number of hydrogen-bond donors (Lipinski definition) is 1. The highest BCUT2D eigenvalue weighted by atomic mass is 16.6. The maximum Gasteiger partial charge on any atom is 0.310 e. The van der Waals surface area contributed by atoms with Crippen LogP contribution in [0.15, 0.2) is 18.2 Å². The van der Waals surface area contributed by atoms with Gasteiger partial charge in [0.1, 0.15) is 5.60 Å². The lowest BCUT2D eigenvalue weighted by molar-refractivity contribution is -0.161. The number of benzene rings is 1. The molecule has 134 valence electrons. The molecule has 0 atom stereocenters. The Morgan fingerprint density at radius 1 is 1.25 bits per heavy atom. The summed E-state index contributed by atoms with van der Waals surface area (Å²) in [6.45, 7) is 8.50. The normalized spacial score (nSPS) is 15.8. The van der Waals surface area contributed by atoms with E-state index in [-0.39, 0.29) is 12.4 Å². The summed E-state index contributed by atoms with van der Waals surface area (Å²) >= 11 is 0. The van der Waals surface area contributed by atoms with Gasteiger partial charge >= 0.3 is 5.97 Å². The van der Waals surface area contributed by atoms with Crippen molar-refractivity contribution in [2.45, 2.75) is 45.6 Å². The van der Waals surface area contributed by atoms with E-state index in [1.54, 1.807) is 7.11 Å². The summed E-state index contributed by atoms with van der Waals surface area (Å²) in [6.07, 6.45) is 2.31. The van der Waals surface area contributed by atoms with Crippen LogP contribution in [-0.4, -0.2) is 38.4 Å². The second kappa shape index (κ2) is 8.38. The Bertz CT molecular complexity index is 550. The fraction of sp³-hybridized carbons (Fsp3) is 0.632. The highest BCUT2D eigenvalue weighted by Gasteiger charge is 2.34. The van der Waals surface area contributed by atoms with Crippen LogP contribution in [0.25, 0.3) is 0 Å². The van der Waals surface area contributed by atoms with Crippen LogP contribution in [0.5, 0.6) is 11.5 Å². The minimum Gasteiger partial charge on any atom is -0.493 e. The average molecular weight is 335 g/mol. The van der Waals surface area contributed by atoms with Crippen molar-refractivity contribution in [2.24, 2.45) is 5.92 Å². The maximum absolute atomic E-state index is 12.4. The zero-order chi connectivity index (χ0) is 17.6. The van der Waals surface area contributed by atoms with Crippen molar-refractivity contribution >= 4 is 5.97 Å². The third-order valence-electron chi connectivity index (χ3n) is 4.58. The van der Waals surface area contributed by atoms with Crippen LogP contribution in [-0.2, 0) is 16.0 Å². The Morgan fingerprint density at radius 3 is 2.58 bits per heavy atom. The molecule has 1 heterocycles. The topological polar surface area (TPSA) is 56.8 Å². The molecule has 1 fully saturated rings. The molecule has 0 amide bonds. The van der Waals surface area contributed by atoms with Gasteiger partial charge in [0.05, 0.1) is 20.1 Å². The number of esters is 1. The van der Waals surface area contributed by atoms with Gasteiger partial charge in [0.25, 0.3) is 0 Å². The first-order valence-electron chi connectivity index (χ1n) is 8.68. The smallest absolute Gasteiger partial charge is 0.310 e. The van der Waals surface area contributed by atoms with E-state index in [2.05, 4.69) is 5.32 Å². The average Bonchev–Trinajstić information content (AvgIpc) is 2.56. The molecule has 1 saturated heterocycles. The minimum absolute atomic E-state index is 0.204. The van der Waals surface area contributed by atoms with Crippen molar-refractivity contribution in [3.8, 4) is 11.5 Å². The van der Waals surface area contributed by atoms with Gasteiger partial charge in [-0.05, 0) is 64.4 Å². The fourth-order valence-corrected chi connectivity index (χ4v) is 3.19. The van der Waals surface area contributed by atoms with E-state index in [1.165, 1.54) is 0 Å². The van der Waals surface area contributed by atoms with Crippen LogP contribution in [0.4, 0.5) is 0 Å². The predicted octanol–water partition coefficient (Wildman–Crippen LogP) is 2.96. The van der Waals surface area contributed by atoms with E-state index in [1.807, 2.05) is 39.0 Å². The Balaban J connectivity index is 1.98. The number of rotatable bonds is 7. The lowest BCUT2D eigenvalue weighted by Gasteiger charge is -2.36. The molecule has 0 radical (unpaired) electrons. The molecule has 5 nitrogen and oxygen atoms in total. The van der Waals surface area contributed by atoms with Gasteiger partial charge in [-0.3, -0.25) is 4.79 Å². The third kappa shape index (κ3) is 4.87. The number of carbonyl (C=O) groups excluding carboxylic acids is 1. The first-order chi connectivity index (χ1) is 11.5. The van der Waals surface area contributed by atoms with Gasteiger partial charge in [0.2, 0.25) is 0 Å². The van der Waals surface area contributed by atoms with Gasteiger partial charge in [0.15, 0.2) is 11.5 Å². The minimum atomic E-state index is -0.436. The van der Waals surface area contributed by atoms with E-state index in [0.29, 0.717) is 24.0 Å². The number of piperidine rings is 1. The molecule has 5 heteroatoms. The number of ether oxygens (including phenoxy) is 3. The number of carbonyl (C=O) groups is 1. The van der Waals surface area contributed by atoms with Crippen molar-refractivity contribution in [2.75, 3.05) is 26.8 Å². The van der Waals surface area contributed by atoms with E-state index in [4.69, 9.17) is 14.2 Å². The Hall–Kier alpha value is -1.75. The molecule has 1 aromatic carbocycles. The second-order valence-electron chi connectivity index (χ2n) is 6.70. The lowest BCUT2D eigenvalue weighted by Crippen LogP contribution is -2.43. The predicted molar refractivity (Wildman–Crippen MR) is 93.6 cm³/mol. The van der Waals surface area contributed by atoms with Crippen molar-refractivity contribution in [1.29, 1.82) is 0 Å². The van der Waals surface area contributed by atoms with Crippen LogP contribution in [0.2, 0.25) is 0 Å². The molecule has 1 N–H and O–H groups in total. The molecule has 0 aliphatic carbocycles. The molecule has 1 aliphatic heterocycles. The molecule has 0 saturated carbocycles. The van der Waals surface area contributed by atoms with Gasteiger partial charge in [-0.25, -0.2) is 0 Å². The molecule has 1 aliphatic rings. The summed E-state index contributed by atoms with van der Waals surface area (Å²) in [5.74, 6) is 1.52. The van der Waals surface area contributed by atoms with Crippen LogP contribution < -0.4 is 14.8 Å². The summed E-state index contributed by atoms with van der Waals surface area (Å²) in [4.78, 5) is 12.4. The zero-order valence-electron chi connectivity index (χ0n) is 15.2. The van der Waals surface area contributed by atoms with E-state index < -0.39 is 5.60 Å². The summed E-state index contributed by atoms with van der Waals surface area (Å²) < 4.78 is 16.6. The van der Waals surface area contributed by atoms with E-state index in [0.717, 1.165) is 31.5 Å². The highest BCUT2D eigenvalue weighted by Crippen LogP contribution is 2.31. The summed E-state index contributed by atoms with van der Waals surface area (Å²) in [5, 5.41) is 3.34. The summed E-state index contributed by atoms with van der Waals surface area (Å²) in [7, 11) is 1.60. The largest absolute Gasteiger partial charge is 0.493 e. The first-order valence-corrected chi connectivity index (χ1v) is 8.68. The Labute approximate surface area is 144 Å². The van der Waals surface area contributed by atoms with E-state index in [9.17, 15) is 4.79 Å². The van der Waals surface area contributed by atoms with E-state index >= 15 is 0 Å². The van der Waals surface area contributed by atoms with Crippen LogP contribution in [0.3, 0.4) is 0 Å². The SMILES string of the molecule is CCOc1ccc(CC(=O)OC(C)(C)C2CCNCC2)cc1OC. The molecule has 0 unspecified atom stereocenters. The van der Waals surface area contributed by atoms with Crippen molar-refractivity contribution < 1.29 is 19.0 Å². The molecule has 0 spiro atoms. The van der Waals surface area contributed by atoms with Gasteiger partial charge < -0.3 is 19.5 Å². The summed E-state index contributed by atoms with van der Waals surface area (Å²) in [5.41, 5.74) is 0.426. The fourth-order valence-electron chi connectivity index (χ4n) is 3.19. The monoisotopic (exact) mass is 335 g/mol. The highest BCUT2D eigenvalue weighted by molar-refractivity contribution is 5.73. The maximum atomic E-state index is 12.4. The molecule has 24 heavy (non-hydrogen) atoms. The molecular weight excluding hydrogens is 306 g/mol. The van der Waals surface area contributed by atoms with Crippen LogP contribution in [0, 0.1) is 5.92 Å². The van der Waals surface area contributed by atoms with Crippen LogP contribution in [0.1, 0.15) is 39.2 Å². The zero-order valence-corrected chi connectivity index (χ0v) is 15.2. The Kier molecular flexibility index (Phi) is 6.49. The molecule has 0 aromatic heterocycles. The quantitative estimate of drug-likeness (QED) is 0.777. The number of methoxy groups -OCH3 is 1. The van der Waals surface area contributed by atoms with Crippen molar-refractivity contribution in [3.05, 3.63) is 23.8 Å². The molecule has 0 bridgehead atoms. The van der Waals surface area contributed by atoms with Gasteiger partial charge in [-0.1, -0.05) is 6.07 Å². The molecule has 2 rings (SSSR count). The number of hydrogen-bond acceptors (Lipinski definition) is 5. The molecular formula is C19H29NO4.